The van der Waals surface area contributed by atoms with Crippen LogP contribution in [0.4, 0.5) is 0 Å². The lowest BCUT2D eigenvalue weighted by molar-refractivity contribution is 0.0720. The molecule has 110 valence electrons. The molecule has 3 saturated heterocycles. The van der Waals surface area contributed by atoms with Crippen molar-refractivity contribution in [3.8, 4) is 0 Å². The van der Waals surface area contributed by atoms with Gasteiger partial charge in [0.2, 0.25) is 0 Å². The van der Waals surface area contributed by atoms with E-state index in [1.165, 1.54) is 38.0 Å². The van der Waals surface area contributed by atoms with Gasteiger partial charge in [0, 0.05) is 35.7 Å². The van der Waals surface area contributed by atoms with E-state index in [9.17, 15) is 0 Å². The number of fused-ring (bicyclic) bond motifs is 4. The smallest absolute Gasteiger partial charge is 0.0761 e. The number of rotatable bonds is 3. The molecule has 2 bridgehead atoms. The number of halogens is 1. The summed E-state index contributed by atoms with van der Waals surface area (Å²) in [7, 11) is 0. The minimum atomic E-state index is 0.627. The lowest BCUT2D eigenvalue weighted by Gasteiger charge is -2.45. The maximum absolute atomic E-state index is 6.26. The Labute approximate surface area is 130 Å². The monoisotopic (exact) mass is 301 g/mol. The van der Waals surface area contributed by atoms with Crippen molar-refractivity contribution in [2.45, 2.75) is 25.4 Å². The number of nitrogens with zero attached hydrogens (tertiary/aromatic N) is 2. The highest BCUT2D eigenvalue weighted by atomic mass is 35.5. The highest BCUT2D eigenvalue weighted by molar-refractivity contribution is 6.35. The number of pyridine rings is 1. The number of piperidine rings is 3. The molecular weight excluding hydrogens is 282 g/mol. The molecule has 0 aliphatic carbocycles. The van der Waals surface area contributed by atoms with Crippen molar-refractivity contribution in [2.75, 3.05) is 19.6 Å². The second-order valence-electron chi connectivity index (χ2n) is 6.23. The zero-order valence-corrected chi connectivity index (χ0v) is 12.8. The van der Waals surface area contributed by atoms with Crippen LogP contribution in [0.1, 0.15) is 18.4 Å². The second kappa shape index (κ2) is 5.56. The first-order valence-electron chi connectivity index (χ1n) is 7.79. The van der Waals surface area contributed by atoms with Gasteiger partial charge in [-0.3, -0.25) is 4.98 Å². The van der Waals surface area contributed by atoms with E-state index in [1.54, 1.807) is 0 Å². The first-order chi connectivity index (χ1) is 10.3. The largest absolute Gasteiger partial charge is 0.308 e. The van der Waals surface area contributed by atoms with Gasteiger partial charge in [-0.25, -0.2) is 0 Å². The van der Waals surface area contributed by atoms with E-state index < -0.39 is 0 Å². The first kappa shape index (κ1) is 13.5. The van der Waals surface area contributed by atoms with Crippen LogP contribution in [0.25, 0.3) is 10.9 Å². The van der Waals surface area contributed by atoms with Gasteiger partial charge in [0.05, 0.1) is 5.52 Å². The lowest BCUT2D eigenvalue weighted by Crippen LogP contribution is -2.55. The molecule has 0 amide bonds. The van der Waals surface area contributed by atoms with Gasteiger partial charge in [-0.2, -0.15) is 0 Å². The molecule has 1 aromatic carbocycles. The molecule has 0 spiro atoms. The molecule has 1 unspecified atom stereocenters. The standard InChI is InChI=1S/C17H20ClN3/c18-15-4-3-13(17-14(15)2-1-7-19-17)10-20-16-11-21-8-5-12(16)6-9-21/h1-4,7,12,16,20H,5-6,8-11H2. The molecule has 21 heavy (non-hydrogen) atoms. The Balaban J connectivity index is 1.54. The summed E-state index contributed by atoms with van der Waals surface area (Å²) in [4.78, 5) is 7.10. The fourth-order valence-corrected chi connectivity index (χ4v) is 3.99. The summed E-state index contributed by atoms with van der Waals surface area (Å²) in [6.45, 7) is 4.64. The van der Waals surface area contributed by atoms with Gasteiger partial charge in [-0.05, 0) is 55.6 Å². The van der Waals surface area contributed by atoms with Crippen LogP contribution in [-0.4, -0.2) is 35.6 Å². The summed E-state index contributed by atoms with van der Waals surface area (Å²) in [6, 6.07) is 8.70. The van der Waals surface area contributed by atoms with Crippen LogP contribution in [0.15, 0.2) is 30.5 Å². The quantitative estimate of drug-likeness (QED) is 0.944. The molecule has 1 N–H and O–H groups in total. The van der Waals surface area contributed by atoms with Gasteiger partial charge in [0.25, 0.3) is 0 Å². The summed E-state index contributed by atoms with van der Waals surface area (Å²) in [5.74, 6) is 0.849. The molecule has 5 rings (SSSR count). The summed E-state index contributed by atoms with van der Waals surface area (Å²) in [5.41, 5.74) is 2.27. The average Bonchev–Trinajstić information content (AvgIpc) is 2.56. The van der Waals surface area contributed by atoms with Crippen LogP contribution in [0.3, 0.4) is 0 Å². The fraction of sp³-hybridized carbons (Fsp3) is 0.471. The Bertz CT molecular complexity index is 650. The van der Waals surface area contributed by atoms with E-state index in [-0.39, 0.29) is 0 Å². The van der Waals surface area contributed by atoms with Gasteiger partial charge in [0.15, 0.2) is 0 Å². The Hall–Kier alpha value is -1.16. The number of aromatic nitrogens is 1. The van der Waals surface area contributed by atoms with Crippen molar-refractivity contribution in [1.82, 2.24) is 15.2 Å². The third kappa shape index (κ3) is 2.54. The second-order valence-corrected chi connectivity index (χ2v) is 6.64. The van der Waals surface area contributed by atoms with Gasteiger partial charge >= 0.3 is 0 Å². The Kier molecular flexibility index (Phi) is 3.57. The Morgan fingerprint density at radius 2 is 2.10 bits per heavy atom. The van der Waals surface area contributed by atoms with Gasteiger partial charge in [-0.15, -0.1) is 0 Å². The van der Waals surface area contributed by atoms with Gasteiger partial charge < -0.3 is 10.2 Å². The highest BCUT2D eigenvalue weighted by Crippen LogP contribution is 2.29. The maximum Gasteiger partial charge on any atom is 0.0761 e. The number of hydrogen-bond acceptors (Lipinski definition) is 3. The maximum atomic E-state index is 6.26. The van der Waals surface area contributed by atoms with E-state index in [1.807, 2.05) is 24.4 Å². The van der Waals surface area contributed by atoms with Crippen LogP contribution in [-0.2, 0) is 6.54 Å². The van der Waals surface area contributed by atoms with E-state index in [0.29, 0.717) is 6.04 Å². The Morgan fingerprint density at radius 3 is 2.86 bits per heavy atom. The van der Waals surface area contributed by atoms with Gasteiger partial charge in [-0.1, -0.05) is 17.7 Å². The molecule has 4 heteroatoms. The SMILES string of the molecule is Clc1ccc(CNC2CN3CCC2CC3)c2ncccc12. The normalized spacial score (nSPS) is 28.1. The van der Waals surface area contributed by atoms with Crippen LogP contribution >= 0.6 is 11.6 Å². The van der Waals surface area contributed by atoms with Crippen molar-refractivity contribution in [3.63, 3.8) is 0 Å². The lowest BCUT2D eigenvalue weighted by atomic mass is 9.84. The minimum absolute atomic E-state index is 0.627. The van der Waals surface area contributed by atoms with Crippen molar-refractivity contribution >= 4 is 22.5 Å². The topological polar surface area (TPSA) is 28.2 Å². The van der Waals surface area contributed by atoms with E-state index in [4.69, 9.17) is 11.6 Å². The molecule has 3 aliphatic rings. The number of hydrogen-bond donors (Lipinski definition) is 1. The average molecular weight is 302 g/mol. The zero-order valence-electron chi connectivity index (χ0n) is 12.1. The van der Waals surface area contributed by atoms with Crippen LogP contribution in [0.5, 0.6) is 0 Å². The van der Waals surface area contributed by atoms with E-state index in [0.717, 1.165) is 28.4 Å². The van der Waals surface area contributed by atoms with Crippen molar-refractivity contribution < 1.29 is 0 Å². The molecule has 0 radical (unpaired) electrons. The molecule has 3 fully saturated rings. The third-order valence-corrected chi connectivity index (χ3v) is 5.34. The van der Waals surface area contributed by atoms with Crippen molar-refractivity contribution in [2.24, 2.45) is 5.92 Å². The van der Waals surface area contributed by atoms with E-state index >= 15 is 0 Å². The summed E-state index contributed by atoms with van der Waals surface area (Å²) >= 11 is 6.26. The van der Waals surface area contributed by atoms with Crippen molar-refractivity contribution in [1.29, 1.82) is 0 Å². The van der Waals surface area contributed by atoms with Crippen molar-refractivity contribution in [3.05, 3.63) is 41.0 Å². The van der Waals surface area contributed by atoms with Crippen LogP contribution in [0.2, 0.25) is 5.02 Å². The zero-order chi connectivity index (χ0) is 14.2. The van der Waals surface area contributed by atoms with Crippen LogP contribution < -0.4 is 5.32 Å². The summed E-state index contributed by atoms with van der Waals surface area (Å²) in [5, 5.41) is 5.59. The van der Waals surface area contributed by atoms with Crippen LogP contribution in [0, 0.1) is 5.92 Å². The number of benzene rings is 1. The summed E-state index contributed by atoms with van der Waals surface area (Å²) in [6.07, 6.45) is 4.53. The predicted molar refractivity (Wildman–Crippen MR) is 86.5 cm³/mol. The minimum Gasteiger partial charge on any atom is -0.308 e. The molecule has 1 aromatic heterocycles. The highest BCUT2D eigenvalue weighted by Gasteiger charge is 2.33. The molecular formula is C17H20ClN3. The molecule has 3 aliphatic heterocycles. The number of nitrogens with one attached hydrogen (secondary N) is 1. The predicted octanol–water partition coefficient (Wildman–Crippen LogP) is 3.07. The molecule has 0 saturated carbocycles. The molecule has 3 nitrogen and oxygen atoms in total. The molecule has 4 heterocycles. The molecule has 1 atom stereocenters. The Morgan fingerprint density at radius 1 is 1.24 bits per heavy atom. The summed E-state index contributed by atoms with van der Waals surface area (Å²) < 4.78 is 0. The molecule has 2 aromatic rings. The fourth-order valence-electron chi connectivity index (χ4n) is 3.78. The van der Waals surface area contributed by atoms with E-state index in [2.05, 4.69) is 21.3 Å². The van der Waals surface area contributed by atoms with Gasteiger partial charge in [0.1, 0.15) is 0 Å². The third-order valence-electron chi connectivity index (χ3n) is 5.01. The first-order valence-corrected chi connectivity index (χ1v) is 8.17.